The predicted molar refractivity (Wildman–Crippen MR) is 64.9 cm³/mol. The van der Waals surface area contributed by atoms with Crippen molar-refractivity contribution < 1.29 is 0 Å². The number of nitrogens with one attached hydrogen (secondary N) is 2. The number of unbranched alkanes of at least 4 members (excludes halogenated alkanes) is 3. The zero-order valence-electron chi connectivity index (χ0n) is 10.0. The molecule has 0 fully saturated rings. The Morgan fingerprint density at radius 2 is 2.00 bits per heavy atom. The van der Waals surface area contributed by atoms with E-state index in [4.69, 9.17) is 0 Å². The fraction of sp³-hybridized carbons (Fsp3) is 0.667. The molecule has 0 spiro atoms. The predicted octanol–water partition coefficient (Wildman–Crippen LogP) is 2.14. The molecule has 2 N–H and O–H groups in total. The van der Waals surface area contributed by atoms with Crippen LogP contribution in [0.1, 0.15) is 57.4 Å². The van der Waals surface area contributed by atoms with E-state index in [-0.39, 0.29) is 11.5 Å². The third-order valence-electron chi connectivity index (χ3n) is 2.87. The molecule has 1 atom stereocenters. The molecule has 0 saturated heterocycles. The van der Waals surface area contributed by atoms with Crippen LogP contribution in [0.5, 0.6) is 0 Å². The van der Waals surface area contributed by atoms with Gasteiger partial charge in [0, 0.05) is 11.8 Å². The summed E-state index contributed by atoms with van der Waals surface area (Å²) in [4.78, 5) is 27.1. The third-order valence-corrected chi connectivity index (χ3v) is 2.87. The molecule has 1 rings (SSSR count). The van der Waals surface area contributed by atoms with Crippen LogP contribution in [-0.2, 0) is 0 Å². The highest BCUT2D eigenvalue weighted by atomic mass is 16.2. The van der Waals surface area contributed by atoms with Gasteiger partial charge >= 0.3 is 5.69 Å². The summed E-state index contributed by atoms with van der Waals surface area (Å²) in [5.41, 5.74) is -0.0187. The highest BCUT2D eigenvalue weighted by Gasteiger charge is 2.09. The summed E-state index contributed by atoms with van der Waals surface area (Å²) in [6.07, 6.45) is 7.33. The molecule has 1 unspecified atom stereocenters. The standard InChI is InChI=1S/C12H20N2O2/c1-3-4-5-6-7-9(2)10-8-13-12(16)14-11(10)15/h8-9H,3-7H2,1-2H3,(H2,13,14,15,16). The molecule has 0 saturated carbocycles. The minimum Gasteiger partial charge on any atom is -0.314 e. The zero-order chi connectivity index (χ0) is 12.0. The van der Waals surface area contributed by atoms with Crippen molar-refractivity contribution in [2.75, 3.05) is 0 Å². The van der Waals surface area contributed by atoms with Gasteiger partial charge in [-0.3, -0.25) is 9.78 Å². The number of aromatic nitrogens is 2. The molecule has 1 aromatic rings. The van der Waals surface area contributed by atoms with Crippen LogP contribution in [0, 0.1) is 0 Å². The van der Waals surface area contributed by atoms with Gasteiger partial charge in [-0.25, -0.2) is 4.79 Å². The Kier molecular flexibility index (Phi) is 5.02. The first-order valence-electron chi connectivity index (χ1n) is 5.97. The van der Waals surface area contributed by atoms with Crippen molar-refractivity contribution in [3.63, 3.8) is 0 Å². The molecular formula is C12H20N2O2. The maximum atomic E-state index is 11.5. The molecule has 1 aromatic heterocycles. The van der Waals surface area contributed by atoms with Crippen molar-refractivity contribution in [2.45, 2.75) is 51.9 Å². The van der Waals surface area contributed by atoms with E-state index in [0.717, 1.165) is 12.8 Å². The largest absolute Gasteiger partial charge is 0.325 e. The van der Waals surface area contributed by atoms with Crippen molar-refractivity contribution in [3.05, 3.63) is 32.6 Å². The topological polar surface area (TPSA) is 65.7 Å². The summed E-state index contributed by atoms with van der Waals surface area (Å²) in [5.74, 6) is 0.206. The quantitative estimate of drug-likeness (QED) is 0.727. The lowest BCUT2D eigenvalue weighted by Crippen LogP contribution is -2.25. The van der Waals surface area contributed by atoms with Crippen LogP contribution in [-0.4, -0.2) is 9.97 Å². The maximum Gasteiger partial charge on any atom is 0.325 e. The SMILES string of the molecule is CCCCCCC(C)c1c[nH]c(=O)[nH]c1=O. The number of aromatic amines is 2. The van der Waals surface area contributed by atoms with E-state index in [9.17, 15) is 9.59 Å². The van der Waals surface area contributed by atoms with Gasteiger partial charge in [-0.05, 0) is 12.3 Å². The molecule has 0 aliphatic carbocycles. The van der Waals surface area contributed by atoms with Gasteiger partial charge < -0.3 is 4.98 Å². The van der Waals surface area contributed by atoms with Gasteiger partial charge in [0.05, 0.1) is 0 Å². The second-order valence-electron chi connectivity index (χ2n) is 4.28. The Balaban J connectivity index is 2.56. The fourth-order valence-corrected chi connectivity index (χ4v) is 1.82. The van der Waals surface area contributed by atoms with Crippen molar-refractivity contribution in [3.8, 4) is 0 Å². The first kappa shape index (κ1) is 12.7. The number of hydrogen-bond donors (Lipinski definition) is 2. The molecule has 90 valence electrons. The van der Waals surface area contributed by atoms with Gasteiger partial charge in [0.1, 0.15) is 0 Å². The molecular weight excluding hydrogens is 204 g/mol. The molecule has 0 bridgehead atoms. The Morgan fingerprint density at radius 3 is 2.62 bits per heavy atom. The van der Waals surface area contributed by atoms with E-state index in [1.165, 1.54) is 25.5 Å². The van der Waals surface area contributed by atoms with Crippen molar-refractivity contribution in [2.24, 2.45) is 0 Å². The van der Waals surface area contributed by atoms with Crippen molar-refractivity contribution in [1.29, 1.82) is 0 Å². The van der Waals surface area contributed by atoms with Crippen LogP contribution in [0.4, 0.5) is 0 Å². The molecule has 0 aromatic carbocycles. The lowest BCUT2D eigenvalue weighted by Gasteiger charge is -2.09. The van der Waals surface area contributed by atoms with Crippen molar-refractivity contribution in [1.82, 2.24) is 9.97 Å². The van der Waals surface area contributed by atoms with Gasteiger partial charge in [0.2, 0.25) is 0 Å². The van der Waals surface area contributed by atoms with Gasteiger partial charge in [-0.15, -0.1) is 0 Å². The average Bonchev–Trinajstić information content (AvgIpc) is 2.24. The maximum absolute atomic E-state index is 11.5. The van der Waals surface area contributed by atoms with Crippen LogP contribution in [0.25, 0.3) is 0 Å². The van der Waals surface area contributed by atoms with Crippen LogP contribution >= 0.6 is 0 Å². The normalized spacial score (nSPS) is 12.6. The number of rotatable bonds is 6. The zero-order valence-corrected chi connectivity index (χ0v) is 10.0. The van der Waals surface area contributed by atoms with E-state index in [2.05, 4.69) is 16.9 Å². The van der Waals surface area contributed by atoms with Crippen LogP contribution < -0.4 is 11.2 Å². The second kappa shape index (κ2) is 6.30. The van der Waals surface area contributed by atoms with Gasteiger partial charge in [-0.1, -0.05) is 39.5 Å². The smallest absolute Gasteiger partial charge is 0.314 e. The molecule has 0 amide bonds. The highest BCUT2D eigenvalue weighted by Crippen LogP contribution is 2.17. The van der Waals surface area contributed by atoms with Gasteiger partial charge in [-0.2, -0.15) is 0 Å². The monoisotopic (exact) mass is 224 g/mol. The molecule has 0 radical (unpaired) electrons. The highest BCUT2D eigenvalue weighted by molar-refractivity contribution is 5.09. The van der Waals surface area contributed by atoms with Crippen molar-refractivity contribution >= 4 is 0 Å². The summed E-state index contributed by atoms with van der Waals surface area (Å²) in [5, 5.41) is 0. The van der Waals surface area contributed by atoms with Gasteiger partial charge in [0.15, 0.2) is 0 Å². The van der Waals surface area contributed by atoms with E-state index < -0.39 is 5.69 Å². The second-order valence-corrected chi connectivity index (χ2v) is 4.28. The summed E-state index contributed by atoms with van der Waals surface area (Å²) in [6, 6.07) is 0. The van der Waals surface area contributed by atoms with E-state index in [1.807, 2.05) is 6.92 Å². The lowest BCUT2D eigenvalue weighted by atomic mass is 9.97. The lowest BCUT2D eigenvalue weighted by molar-refractivity contribution is 0.575. The average molecular weight is 224 g/mol. The van der Waals surface area contributed by atoms with Crippen LogP contribution in [0.15, 0.2) is 15.8 Å². The fourth-order valence-electron chi connectivity index (χ4n) is 1.82. The molecule has 0 aliphatic heterocycles. The Hall–Kier alpha value is -1.32. The molecule has 16 heavy (non-hydrogen) atoms. The van der Waals surface area contributed by atoms with E-state index in [1.54, 1.807) is 0 Å². The summed E-state index contributed by atoms with van der Waals surface area (Å²) < 4.78 is 0. The molecule has 4 heteroatoms. The van der Waals surface area contributed by atoms with Crippen LogP contribution in [0.2, 0.25) is 0 Å². The van der Waals surface area contributed by atoms with E-state index in [0.29, 0.717) is 5.56 Å². The van der Waals surface area contributed by atoms with Gasteiger partial charge in [0.25, 0.3) is 5.56 Å². The first-order valence-corrected chi connectivity index (χ1v) is 5.97. The summed E-state index contributed by atoms with van der Waals surface area (Å²) >= 11 is 0. The summed E-state index contributed by atoms with van der Waals surface area (Å²) in [6.45, 7) is 4.20. The number of H-pyrrole nitrogens is 2. The minimum atomic E-state index is -0.438. The Morgan fingerprint density at radius 1 is 1.25 bits per heavy atom. The Bertz CT molecular complexity index is 420. The molecule has 4 nitrogen and oxygen atoms in total. The number of hydrogen-bond acceptors (Lipinski definition) is 2. The Labute approximate surface area is 95.1 Å². The third kappa shape index (κ3) is 3.68. The van der Waals surface area contributed by atoms with E-state index >= 15 is 0 Å². The minimum absolute atomic E-state index is 0.206. The van der Waals surface area contributed by atoms with Crippen LogP contribution in [0.3, 0.4) is 0 Å². The molecule has 1 heterocycles. The summed E-state index contributed by atoms with van der Waals surface area (Å²) in [7, 11) is 0. The first-order chi connectivity index (χ1) is 7.65. The molecule has 0 aliphatic rings.